The van der Waals surface area contributed by atoms with Crippen molar-refractivity contribution < 1.29 is 18.3 Å². The Morgan fingerprint density at radius 2 is 2.22 bits per heavy atom. The van der Waals surface area contributed by atoms with E-state index in [1.165, 1.54) is 12.1 Å². The first-order chi connectivity index (χ1) is 11.1. The molecule has 6 nitrogen and oxygen atoms in total. The van der Waals surface area contributed by atoms with Crippen LogP contribution in [0.15, 0.2) is 34.9 Å². The van der Waals surface area contributed by atoms with E-state index in [2.05, 4.69) is 4.98 Å². The summed E-state index contributed by atoms with van der Waals surface area (Å²) in [6, 6.07) is 5.60. The first-order valence-corrected chi connectivity index (χ1v) is 7.33. The van der Waals surface area contributed by atoms with E-state index in [-0.39, 0.29) is 23.9 Å². The molecule has 0 aliphatic carbocycles. The largest absolute Gasteiger partial charge is 0.439 e. The molecule has 3 rings (SSSR count). The molecule has 7 heteroatoms. The molecule has 1 aliphatic heterocycles. The van der Waals surface area contributed by atoms with Crippen LogP contribution in [-0.4, -0.2) is 41.6 Å². The van der Waals surface area contributed by atoms with Crippen LogP contribution in [-0.2, 0) is 16.1 Å². The maximum absolute atomic E-state index is 13.0. The lowest BCUT2D eigenvalue weighted by Crippen LogP contribution is -2.39. The zero-order valence-electron chi connectivity index (χ0n) is 12.7. The summed E-state index contributed by atoms with van der Waals surface area (Å²) in [5.74, 6) is 0.348. The van der Waals surface area contributed by atoms with Crippen LogP contribution in [0.5, 0.6) is 0 Å². The summed E-state index contributed by atoms with van der Waals surface area (Å²) >= 11 is 0. The molecule has 0 unspecified atom stereocenters. The van der Waals surface area contributed by atoms with Crippen LogP contribution in [0.3, 0.4) is 0 Å². The lowest BCUT2D eigenvalue weighted by atomic mass is 10.2. The summed E-state index contributed by atoms with van der Waals surface area (Å²) in [7, 11) is 1.62. The summed E-state index contributed by atoms with van der Waals surface area (Å²) in [5.41, 5.74) is 6.19. The smallest absolute Gasteiger partial charge is 0.234 e. The molecule has 1 amide bonds. The van der Waals surface area contributed by atoms with E-state index in [4.69, 9.17) is 14.9 Å². The molecule has 23 heavy (non-hydrogen) atoms. The highest BCUT2D eigenvalue weighted by molar-refractivity contribution is 5.80. The number of primary amides is 1. The predicted molar refractivity (Wildman–Crippen MR) is 80.7 cm³/mol. The molecule has 1 aliphatic rings. The number of hydrogen-bond donors (Lipinski definition) is 1. The van der Waals surface area contributed by atoms with Gasteiger partial charge < -0.3 is 14.9 Å². The van der Waals surface area contributed by atoms with Crippen molar-refractivity contribution in [2.24, 2.45) is 5.73 Å². The fourth-order valence-corrected chi connectivity index (χ4v) is 2.81. The van der Waals surface area contributed by atoms with E-state index in [1.807, 2.05) is 4.90 Å². The van der Waals surface area contributed by atoms with Gasteiger partial charge in [0.05, 0.1) is 24.9 Å². The Bertz CT molecular complexity index is 686. The summed E-state index contributed by atoms with van der Waals surface area (Å²) in [6.07, 6.45) is 2.13. The molecule has 2 N–H and O–H groups in total. The van der Waals surface area contributed by atoms with Crippen LogP contribution in [0, 0.1) is 5.82 Å². The average Bonchev–Trinajstić information content (AvgIpc) is 3.15. The minimum atomic E-state index is -0.388. The van der Waals surface area contributed by atoms with Gasteiger partial charge in [0, 0.05) is 19.2 Å². The van der Waals surface area contributed by atoms with Crippen LogP contribution in [0.25, 0.3) is 11.3 Å². The van der Waals surface area contributed by atoms with Gasteiger partial charge in [-0.05, 0) is 30.7 Å². The lowest BCUT2D eigenvalue weighted by Gasteiger charge is -2.19. The maximum Gasteiger partial charge on any atom is 0.234 e. The Hall–Kier alpha value is -2.25. The van der Waals surface area contributed by atoms with Crippen molar-refractivity contribution in [3.05, 3.63) is 42.2 Å². The third-order valence-electron chi connectivity index (χ3n) is 4.05. The van der Waals surface area contributed by atoms with Crippen molar-refractivity contribution >= 4 is 5.91 Å². The Morgan fingerprint density at radius 3 is 2.87 bits per heavy atom. The highest BCUT2D eigenvalue weighted by Crippen LogP contribution is 2.25. The van der Waals surface area contributed by atoms with E-state index in [0.717, 1.165) is 5.56 Å². The average molecular weight is 319 g/mol. The molecule has 1 aromatic carbocycles. The number of nitrogens with two attached hydrogens (primary N) is 1. The standard InChI is InChI=1S/C16H18FN3O3/c1-22-12-6-13(16(18)21)20(8-12)9-15-19-7-14(23-15)10-2-4-11(17)5-3-10/h2-5,7,12-13H,6,8-9H2,1H3,(H2,18,21)/t12-,13-/m0/s1. The van der Waals surface area contributed by atoms with Gasteiger partial charge in [0.15, 0.2) is 5.76 Å². The van der Waals surface area contributed by atoms with Gasteiger partial charge in [-0.2, -0.15) is 0 Å². The topological polar surface area (TPSA) is 81.6 Å². The van der Waals surface area contributed by atoms with Gasteiger partial charge >= 0.3 is 0 Å². The van der Waals surface area contributed by atoms with Gasteiger partial charge in [-0.3, -0.25) is 9.69 Å². The molecular weight excluding hydrogens is 301 g/mol. The number of rotatable bonds is 5. The molecule has 2 aromatic rings. The molecule has 1 fully saturated rings. The molecule has 1 aromatic heterocycles. The van der Waals surface area contributed by atoms with Gasteiger partial charge in [-0.1, -0.05) is 0 Å². The third-order valence-corrected chi connectivity index (χ3v) is 4.05. The highest BCUT2D eigenvalue weighted by Gasteiger charge is 2.36. The number of amides is 1. The number of halogens is 1. The van der Waals surface area contributed by atoms with Crippen LogP contribution >= 0.6 is 0 Å². The SMILES string of the molecule is CO[C@H]1C[C@@H](C(N)=O)N(Cc2ncc(-c3ccc(F)cc3)o2)C1. The van der Waals surface area contributed by atoms with Gasteiger partial charge in [-0.25, -0.2) is 9.37 Å². The summed E-state index contributed by atoms with van der Waals surface area (Å²) in [6.45, 7) is 0.965. The second-order valence-electron chi connectivity index (χ2n) is 5.57. The fourth-order valence-electron chi connectivity index (χ4n) is 2.81. The van der Waals surface area contributed by atoms with Crippen LogP contribution < -0.4 is 5.73 Å². The minimum Gasteiger partial charge on any atom is -0.439 e. The summed E-state index contributed by atoms with van der Waals surface area (Å²) < 4.78 is 24.0. The van der Waals surface area contributed by atoms with E-state index in [1.54, 1.807) is 25.4 Å². The fraction of sp³-hybridized carbons (Fsp3) is 0.375. The molecule has 0 saturated carbocycles. The number of hydrogen-bond acceptors (Lipinski definition) is 5. The number of ether oxygens (including phenoxy) is 1. The Kier molecular flexibility index (Phi) is 4.40. The molecule has 2 atom stereocenters. The number of carbonyl (C=O) groups is 1. The van der Waals surface area contributed by atoms with E-state index < -0.39 is 0 Å². The highest BCUT2D eigenvalue weighted by atomic mass is 19.1. The Labute approximate surface area is 133 Å². The van der Waals surface area contributed by atoms with Gasteiger partial charge in [0.1, 0.15) is 5.82 Å². The summed E-state index contributed by atoms with van der Waals surface area (Å²) in [5, 5.41) is 0. The lowest BCUT2D eigenvalue weighted by molar-refractivity contribution is -0.122. The van der Waals surface area contributed by atoms with Crippen LogP contribution in [0.1, 0.15) is 12.3 Å². The second-order valence-corrected chi connectivity index (χ2v) is 5.57. The predicted octanol–water partition coefficient (Wildman–Crippen LogP) is 1.56. The zero-order valence-corrected chi connectivity index (χ0v) is 12.7. The number of methoxy groups -OCH3 is 1. The molecule has 2 heterocycles. The maximum atomic E-state index is 13.0. The van der Waals surface area contributed by atoms with Crippen molar-refractivity contribution in [3.8, 4) is 11.3 Å². The second kappa shape index (κ2) is 6.47. The van der Waals surface area contributed by atoms with Crippen molar-refractivity contribution in [1.82, 2.24) is 9.88 Å². The zero-order chi connectivity index (χ0) is 16.4. The molecule has 0 bridgehead atoms. The normalized spacial score (nSPS) is 21.7. The number of nitrogens with zero attached hydrogens (tertiary/aromatic N) is 2. The van der Waals surface area contributed by atoms with Crippen LogP contribution in [0.2, 0.25) is 0 Å². The van der Waals surface area contributed by atoms with E-state index >= 15 is 0 Å². The molecule has 1 saturated heterocycles. The van der Waals surface area contributed by atoms with Crippen molar-refractivity contribution in [2.45, 2.75) is 25.1 Å². The molecule has 122 valence electrons. The van der Waals surface area contributed by atoms with Crippen molar-refractivity contribution in [2.75, 3.05) is 13.7 Å². The number of oxazole rings is 1. The number of aromatic nitrogens is 1. The minimum absolute atomic E-state index is 0.0287. The van der Waals surface area contributed by atoms with Crippen molar-refractivity contribution in [3.63, 3.8) is 0 Å². The van der Waals surface area contributed by atoms with E-state index in [9.17, 15) is 9.18 Å². The first-order valence-electron chi connectivity index (χ1n) is 7.33. The van der Waals surface area contributed by atoms with Crippen molar-refractivity contribution in [1.29, 1.82) is 0 Å². The summed E-state index contributed by atoms with van der Waals surface area (Å²) in [4.78, 5) is 17.7. The molecule has 0 spiro atoms. The van der Waals surface area contributed by atoms with Gasteiger partial charge in [-0.15, -0.1) is 0 Å². The first kappa shape index (κ1) is 15.6. The van der Waals surface area contributed by atoms with E-state index in [0.29, 0.717) is 31.2 Å². The number of carbonyl (C=O) groups excluding carboxylic acids is 1. The Morgan fingerprint density at radius 1 is 1.48 bits per heavy atom. The monoisotopic (exact) mass is 319 g/mol. The molecular formula is C16H18FN3O3. The number of likely N-dealkylation sites (tertiary alicyclic amines) is 1. The van der Waals surface area contributed by atoms with Crippen LogP contribution in [0.4, 0.5) is 4.39 Å². The third kappa shape index (κ3) is 3.40. The Balaban J connectivity index is 1.73. The molecule has 0 radical (unpaired) electrons. The van der Waals surface area contributed by atoms with Gasteiger partial charge in [0.2, 0.25) is 11.8 Å². The number of benzene rings is 1. The quantitative estimate of drug-likeness (QED) is 0.904. The van der Waals surface area contributed by atoms with Gasteiger partial charge in [0.25, 0.3) is 0 Å².